The van der Waals surface area contributed by atoms with Crippen molar-refractivity contribution in [2.75, 3.05) is 0 Å². The van der Waals surface area contributed by atoms with Crippen LogP contribution in [-0.4, -0.2) is 10.9 Å². The van der Waals surface area contributed by atoms with Crippen LogP contribution in [0.2, 0.25) is 0 Å². The Morgan fingerprint density at radius 1 is 1.15 bits per heavy atom. The molecule has 0 radical (unpaired) electrons. The van der Waals surface area contributed by atoms with E-state index >= 15 is 0 Å². The van der Waals surface area contributed by atoms with Gasteiger partial charge in [0.2, 0.25) is 0 Å². The predicted molar refractivity (Wildman–Crippen MR) is 79.9 cm³/mol. The minimum Gasteiger partial charge on any atom is -0.389 e. The normalized spacial score (nSPS) is 10.1. The molecule has 2 rings (SSSR count). The summed E-state index contributed by atoms with van der Waals surface area (Å²) in [6.07, 6.45) is 0. The second kappa shape index (κ2) is 6.25. The standard InChI is InChI=1S/C15H13FN2OS/c16-13-7-2-1-4-12(13)9-18-15(19)11-6-3-5-10(8-11)14(17)20/h1-8H,9H2,(H2,17,20)(H,18,19). The molecule has 0 spiro atoms. The lowest BCUT2D eigenvalue weighted by atomic mass is 10.1. The van der Waals surface area contributed by atoms with Crippen molar-refractivity contribution >= 4 is 23.1 Å². The van der Waals surface area contributed by atoms with Gasteiger partial charge >= 0.3 is 0 Å². The van der Waals surface area contributed by atoms with Crippen LogP contribution in [0.1, 0.15) is 21.5 Å². The maximum absolute atomic E-state index is 13.4. The fourth-order valence-corrected chi connectivity index (χ4v) is 1.86. The van der Waals surface area contributed by atoms with Crippen molar-refractivity contribution in [1.82, 2.24) is 5.32 Å². The molecule has 2 aromatic rings. The molecular formula is C15H13FN2OS. The molecule has 0 unspecified atom stereocenters. The summed E-state index contributed by atoms with van der Waals surface area (Å²) in [5, 5.41) is 2.66. The third-order valence-electron chi connectivity index (χ3n) is 2.81. The highest BCUT2D eigenvalue weighted by atomic mass is 32.1. The fraction of sp³-hybridized carbons (Fsp3) is 0.0667. The second-order valence-corrected chi connectivity index (χ2v) is 4.66. The highest BCUT2D eigenvalue weighted by molar-refractivity contribution is 7.80. The maximum atomic E-state index is 13.4. The summed E-state index contributed by atoms with van der Waals surface area (Å²) in [7, 11) is 0. The third kappa shape index (κ3) is 3.39. The van der Waals surface area contributed by atoms with E-state index in [1.54, 1.807) is 42.5 Å². The van der Waals surface area contributed by atoms with Gasteiger partial charge in [-0.25, -0.2) is 4.39 Å². The molecule has 3 nitrogen and oxygen atoms in total. The zero-order valence-corrected chi connectivity index (χ0v) is 11.4. The molecule has 2 aromatic carbocycles. The van der Waals surface area contributed by atoms with Crippen LogP contribution in [0.3, 0.4) is 0 Å². The van der Waals surface area contributed by atoms with Crippen molar-refractivity contribution in [3.8, 4) is 0 Å². The van der Waals surface area contributed by atoms with E-state index in [9.17, 15) is 9.18 Å². The largest absolute Gasteiger partial charge is 0.389 e. The smallest absolute Gasteiger partial charge is 0.251 e. The van der Waals surface area contributed by atoms with E-state index in [-0.39, 0.29) is 23.3 Å². The number of benzene rings is 2. The minimum atomic E-state index is -0.343. The van der Waals surface area contributed by atoms with Gasteiger partial charge in [0.15, 0.2) is 0 Å². The molecule has 0 heterocycles. The Morgan fingerprint density at radius 2 is 1.85 bits per heavy atom. The van der Waals surface area contributed by atoms with Gasteiger partial charge in [-0.15, -0.1) is 0 Å². The van der Waals surface area contributed by atoms with Gasteiger partial charge in [0.25, 0.3) is 5.91 Å². The van der Waals surface area contributed by atoms with Crippen LogP contribution in [0.4, 0.5) is 4.39 Å². The first-order valence-corrected chi connectivity index (χ1v) is 6.40. The number of nitrogens with two attached hydrogens (primary N) is 1. The molecule has 0 saturated heterocycles. The van der Waals surface area contributed by atoms with Gasteiger partial charge in [-0.3, -0.25) is 4.79 Å². The van der Waals surface area contributed by atoms with Gasteiger partial charge in [0.1, 0.15) is 10.8 Å². The van der Waals surface area contributed by atoms with Crippen molar-refractivity contribution < 1.29 is 9.18 Å². The molecule has 0 aromatic heterocycles. The minimum absolute atomic E-state index is 0.128. The molecule has 1 amide bonds. The quantitative estimate of drug-likeness (QED) is 0.849. The number of thiocarbonyl (C=S) groups is 1. The van der Waals surface area contributed by atoms with E-state index < -0.39 is 0 Å². The first-order chi connectivity index (χ1) is 9.58. The zero-order chi connectivity index (χ0) is 14.5. The van der Waals surface area contributed by atoms with Gasteiger partial charge in [0.05, 0.1) is 0 Å². The van der Waals surface area contributed by atoms with Crippen molar-refractivity contribution in [3.05, 3.63) is 71.0 Å². The van der Waals surface area contributed by atoms with Crippen LogP contribution in [0.25, 0.3) is 0 Å². The van der Waals surface area contributed by atoms with Crippen LogP contribution in [0.5, 0.6) is 0 Å². The van der Waals surface area contributed by atoms with Gasteiger partial charge in [-0.1, -0.05) is 42.5 Å². The molecule has 0 fully saturated rings. The Kier molecular flexibility index (Phi) is 4.42. The number of amides is 1. The number of hydrogen-bond donors (Lipinski definition) is 2. The lowest BCUT2D eigenvalue weighted by Crippen LogP contribution is -2.23. The Labute approximate surface area is 121 Å². The van der Waals surface area contributed by atoms with E-state index in [4.69, 9.17) is 18.0 Å². The van der Waals surface area contributed by atoms with Crippen molar-refractivity contribution in [2.24, 2.45) is 5.73 Å². The molecule has 5 heteroatoms. The van der Waals surface area contributed by atoms with E-state index in [0.717, 1.165) is 0 Å². The topological polar surface area (TPSA) is 55.1 Å². The van der Waals surface area contributed by atoms with Crippen molar-refractivity contribution in [3.63, 3.8) is 0 Å². The average Bonchev–Trinajstić information content (AvgIpc) is 2.46. The first kappa shape index (κ1) is 14.1. The number of hydrogen-bond acceptors (Lipinski definition) is 2. The Balaban J connectivity index is 2.07. The molecule has 0 atom stereocenters. The number of carbonyl (C=O) groups excluding carboxylic acids is 1. The Hall–Kier alpha value is -2.27. The number of rotatable bonds is 4. The highest BCUT2D eigenvalue weighted by Gasteiger charge is 2.08. The number of nitrogens with one attached hydrogen (secondary N) is 1. The summed E-state index contributed by atoms with van der Waals surface area (Å²) in [5.74, 6) is -0.643. The average molecular weight is 288 g/mol. The van der Waals surface area contributed by atoms with Gasteiger partial charge in [-0.05, 0) is 18.2 Å². The molecular weight excluding hydrogens is 275 g/mol. The van der Waals surface area contributed by atoms with Crippen LogP contribution in [-0.2, 0) is 6.54 Å². The molecule has 0 saturated carbocycles. The molecule has 0 aliphatic heterocycles. The van der Waals surface area contributed by atoms with Crippen LogP contribution in [0, 0.1) is 5.82 Å². The predicted octanol–water partition coefficient (Wildman–Crippen LogP) is 2.39. The molecule has 0 aliphatic carbocycles. The Morgan fingerprint density at radius 3 is 2.55 bits per heavy atom. The number of halogens is 1. The molecule has 0 bridgehead atoms. The van der Waals surface area contributed by atoms with E-state index in [1.165, 1.54) is 6.07 Å². The summed E-state index contributed by atoms with van der Waals surface area (Å²) in [6.45, 7) is 0.128. The van der Waals surface area contributed by atoms with E-state index in [1.807, 2.05) is 0 Å². The van der Waals surface area contributed by atoms with Crippen LogP contribution >= 0.6 is 12.2 Å². The van der Waals surface area contributed by atoms with Crippen molar-refractivity contribution in [1.29, 1.82) is 0 Å². The lowest BCUT2D eigenvalue weighted by Gasteiger charge is -2.07. The fourth-order valence-electron chi connectivity index (χ4n) is 1.73. The summed E-state index contributed by atoms with van der Waals surface area (Å²) < 4.78 is 13.4. The summed E-state index contributed by atoms with van der Waals surface area (Å²) in [4.78, 5) is 12.2. The van der Waals surface area contributed by atoms with Gasteiger partial charge in [0, 0.05) is 23.2 Å². The third-order valence-corrected chi connectivity index (χ3v) is 3.04. The summed E-state index contributed by atoms with van der Waals surface area (Å²) in [6, 6.07) is 13.0. The van der Waals surface area contributed by atoms with Crippen molar-refractivity contribution in [2.45, 2.75) is 6.54 Å². The first-order valence-electron chi connectivity index (χ1n) is 5.99. The van der Waals surface area contributed by atoms with Crippen LogP contribution < -0.4 is 11.1 Å². The highest BCUT2D eigenvalue weighted by Crippen LogP contribution is 2.08. The van der Waals surface area contributed by atoms with Gasteiger partial charge in [-0.2, -0.15) is 0 Å². The van der Waals surface area contributed by atoms with E-state index in [0.29, 0.717) is 16.7 Å². The monoisotopic (exact) mass is 288 g/mol. The second-order valence-electron chi connectivity index (χ2n) is 4.22. The van der Waals surface area contributed by atoms with E-state index in [2.05, 4.69) is 5.32 Å². The molecule has 102 valence electrons. The molecule has 3 N–H and O–H groups in total. The van der Waals surface area contributed by atoms with Gasteiger partial charge < -0.3 is 11.1 Å². The Bertz CT molecular complexity index is 658. The maximum Gasteiger partial charge on any atom is 0.251 e. The summed E-state index contributed by atoms with van der Waals surface area (Å²) in [5.41, 5.74) is 7.01. The molecule has 20 heavy (non-hydrogen) atoms. The summed E-state index contributed by atoms with van der Waals surface area (Å²) >= 11 is 4.86. The zero-order valence-electron chi connectivity index (χ0n) is 10.6. The van der Waals surface area contributed by atoms with Crippen LogP contribution in [0.15, 0.2) is 48.5 Å². The lowest BCUT2D eigenvalue weighted by molar-refractivity contribution is 0.0950. The molecule has 0 aliphatic rings. The SMILES string of the molecule is NC(=S)c1cccc(C(=O)NCc2ccccc2F)c1. The number of carbonyl (C=O) groups is 1.